The van der Waals surface area contributed by atoms with Gasteiger partial charge in [-0.3, -0.25) is 23.7 Å². The molecule has 0 bridgehead atoms. The molecule has 2 fully saturated rings. The number of aryl methyl sites for hydroxylation is 1. The van der Waals surface area contributed by atoms with Gasteiger partial charge in [-0.2, -0.15) is 5.26 Å². The van der Waals surface area contributed by atoms with Crippen LogP contribution in [-0.2, 0) is 20.1 Å². The molecule has 39 heavy (non-hydrogen) atoms. The smallest absolute Gasteiger partial charge is 0.331 e. The first-order chi connectivity index (χ1) is 18.8. The van der Waals surface area contributed by atoms with Crippen molar-refractivity contribution in [1.29, 1.82) is 5.26 Å². The molecule has 4 heterocycles. The van der Waals surface area contributed by atoms with E-state index in [1.807, 2.05) is 4.90 Å². The molecular weight excluding hydrogens is 496 g/mol. The molecule has 11 heteroatoms. The monoisotopic (exact) mass is 528 g/mol. The Hall–Kier alpha value is -4.35. The number of pyridine rings is 1. The zero-order valence-corrected chi connectivity index (χ0v) is 22.2. The lowest BCUT2D eigenvalue weighted by atomic mass is 10.1. The molecule has 0 spiro atoms. The summed E-state index contributed by atoms with van der Waals surface area (Å²) in [4.78, 5) is 47.8. The number of aromatic nitrogens is 4. The van der Waals surface area contributed by atoms with Crippen LogP contribution in [0.15, 0.2) is 27.9 Å². The average molecular weight is 529 g/mol. The SMILES string of the molecule is CC#CCn1c(N2CCC[C@@H](N)C2)c(C(=O)NCC2CC2)c2c1c(=O)n(Cc1ncccc1C#N)c(=O)n2C. The van der Waals surface area contributed by atoms with Crippen molar-refractivity contribution in [2.75, 3.05) is 24.5 Å². The molecule has 3 aromatic heterocycles. The molecule has 1 atom stereocenters. The minimum Gasteiger partial charge on any atom is -0.356 e. The van der Waals surface area contributed by atoms with E-state index in [0.29, 0.717) is 37.1 Å². The van der Waals surface area contributed by atoms with Gasteiger partial charge in [0.2, 0.25) is 0 Å². The van der Waals surface area contributed by atoms with Gasteiger partial charge in [0, 0.05) is 38.9 Å². The van der Waals surface area contributed by atoms with Gasteiger partial charge < -0.3 is 20.5 Å². The second kappa shape index (κ2) is 10.8. The van der Waals surface area contributed by atoms with E-state index < -0.39 is 11.2 Å². The minimum atomic E-state index is -0.598. The van der Waals surface area contributed by atoms with Crippen LogP contribution in [-0.4, -0.2) is 50.3 Å². The summed E-state index contributed by atoms with van der Waals surface area (Å²) in [5, 5.41) is 12.6. The molecule has 1 amide bonds. The Morgan fingerprint density at radius 3 is 2.72 bits per heavy atom. The maximum Gasteiger partial charge on any atom is 0.331 e. The predicted molar refractivity (Wildman–Crippen MR) is 147 cm³/mol. The van der Waals surface area contributed by atoms with Gasteiger partial charge >= 0.3 is 5.69 Å². The standard InChI is InChI=1S/C28H32N8O3/c1-3-4-13-35-24-23(33(2)28(39)36(27(24)38)17-21-19(14-29)7-5-11-31-21)22(25(37)32-15-18-9-10-18)26(35)34-12-6-8-20(30)16-34/h5,7,11,18,20H,6,8-10,12-13,15-17,30H2,1-2H3,(H,32,37)/t20-/m1/s1. The van der Waals surface area contributed by atoms with Crippen molar-refractivity contribution in [2.24, 2.45) is 18.7 Å². The second-order valence-corrected chi connectivity index (χ2v) is 10.3. The lowest BCUT2D eigenvalue weighted by Crippen LogP contribution is -2.44. The van der Waals surface area contributed by atoms with Crippen molar-refractivity contribution >= 4 is 22.8 Å². The molecule has 3 N–H and O–H groups in total. The number of fused-ring (bicyclic) bond motifs is 1. The van der Waals surface area contributed by atoms with Crippen molar-refractivity contribution in [3.63, 3.8) is 0 Å². The molecule has 1 saturated heterocycles. The largest absolute Gasteiger partial charge is 0.356 e. The maximum absolute atomic E-state index is 14.1. The Morgan fingerprint density at radius 2 is 2.03 bits per heavy atom. The fraction of sp³-hybridized carbons (Fsp3) is 0.464. The number of carbonyl (C=O) groups is 1. The van der Waals surface area contributed by atoms with Crippen molar-refractivity contribution in [3.8, 4) is 17.9 Å². The van der Waals surface area contributed by atoms with Gasteiger partial charge in [-0.25, -0.2) is 4.79 Å². The zero-order valence-electron chi connectivity index (χ0n) is 22.2. The van der Waals surface area contributed by atoms with E-state index in [1.165, 1.54) is 10.8 Å². The molecule has 0 aromatic carbocycles. The zero-order chi connectivity index (χ0) is 27.7. The van der Waals surface area contributed by atoms with E-state index in [0.717, 1.165) is 30.3 Å². The van der Waals surface area contributed by atoms with Crippen LogP contribution >= 0.6 is 0 Å². The molecule has 2 aliphatic rings. The topological polar surface area (TPSA) is 144 Å². The van der Waals surface area contributed by atoms with Crippen molar-refractivity contribution in [1.82, 2.24) is 24.0 Å². The van der Waals surface area contributed by atoms with E-state index in [9.17, 15) is 19.6 Å². The Kier molecular flexibility index (Phi) is 7.27. The molecule has 0 radical (unpaired) electrons. The molecule has 1 saturated carbocycles. The highest BCUT2D eigenvalue weighted by Crippen LogP contribution is 2.33. The quantitative estimate of drug-likeness (QED) is 0.434. The van der Waals surface area contributed by atoms with E-state index in [-0.39, 0.29) is 47.2 Å². The van der Waals surface area contributed by atoms with Crippen molar-refractivity contribution in [2.45, 2.75) is 51.7 Å². The van der Waals surface area contributed by atoms with Gasteiger partial charge in [-0.1, -0.05) is 5.92 Å². The van der Waals surface area contributed by atoms with E-state index in [1.54, 1.807) is 30.7 Å². The number of hydrogen-bond donors (Lipinski definition) is 2. The summed E-state index contributed by atoms with van der Waals surface area (Å²) in [6, 6.07) is 5.20. The first-order valence-corrected chi connectivity index (χ1v) is 13.2. The van der Waals surface area contributed by atoms with Crippen LogP contribution in [0.2, 0.25) is 0 Å². The number of nitrogens with one attached hydrogen (secondary N) is 1. The Labute approximate surface area is 225 Å². The summed E-state index contributed by atoms with van der Waals surface area (Å²) in [6.45, 7) is 3.41. The Bertz CT molecular complexity index is 1660. The first kappa shape index (κ1) is 26.3. The molecule has 1 aliphatic heterocycles. The van der Waals surface area contributed by atoms with Gasteiger partial charge in [0.15, 0.2) is 0 Å². The number of amides is 1. The molecule has 202 valence electrons. The van der Waals surface area contributed by atoms with Crippen LogP contribution < -0.4 is 27.2 Å². The number of carbonyl (C=O) groups excluding carboxylic acids is 1. The van der Waals surface area contributed by atoms with Crippen LogP contribution in [0.25, 0.3) is 11.0 Å². The van der Waals surface area contributed by atoms with Crippen LogP contribution in [0.4, 0.5) is 5.82 Å². The average Bonchev–Trinajstić information content (AvgIpc) is 3.71. The number of piperidine rings is 1. The normalized spacial score (nSPS) is 17.0. The maximum atomic E-state index is 14.1. The number of nitriles is 1. The highest BCUT2D eigenvalue weighted by molar-refractivity contribution is 6.11. The molecule has 3 aromatic rings. The number of nitrogens with zero attached hydrogens (tertiary/aromatic N) is 6. The Morgan fingerprint density at radius 1 is 1.23 bits per heavy atom. The van der Waals surface area contributed by atoms with Crippen LogP contribution in [0.5, 0.6) is 0 Å². The summed E-state index contributed by atoms with van der Waals surface area (Å²) in [5.74, 6) is 6.60. The van der Waals surface area contributed by atoms with E-state index in [2.05, 4.69) is 28.2 Å². The molecule has 0 unspecified atom stereocenters. The van der Waals surface area contributed by atoms with Gasteiger partial charge in [0.25, 0.3) is 11.5 Å². The summed E-state index contributed by atoms with van der Waals surface area (Å²) >= 11 is 0. The molecule has 11 nitrogen and oxygen atoms in total. The van der Waals surface area contributed by atoms with Crippen LogP contribution in [0.1, 0.15) is 54.2 Å². The number of nitrogens with two attached hydrogens (primary N) is 1. The molecular formula is C28H32N8O3. The van der Waals surface area contributed by atoms with Crippen LogP contribution in [0.3, 0.4) is 0 Å². The minimum absolute atomic E-state index is 0.0844. The molecule has 5 rings (SSSR count). The third kappa shape index (κ3) is 4.93. The Balaban J connectivity index is 1.79. The molecule has 1 aliphatic carbocycles. The van der Waals surface area contributed by atoms with Crippen molar-refractivity contribution in [3.05, 3.63) is 56.0 Å². The fourth-order valence-corrected chi connectivity index (χ4v) is 5.28. The highest BCUT2D eigenvalue weighted by atomic mass is 16.2. The second-order valence-electron chi connectivity index (χ2n) is 10.3. The third-order valence-electron chi connectivity index (χ3n) is 7.48. The van der Waals surface area contributed by atoms with Crippen molar-refractivity contribution < 1.29 is 4.79 Å². The van der Waals surface area contributed by atoms with Gasteiger partial charge in [0.1, 0.15) is 23.0 Å². The summed E-state index contributed by atoms with van der Waals surface area (Å²) < 4.78 is 4.16. The summed E-state index contributed by atoms with van der Waals surface area (Å²) in [5.41, 5.74) is 6.52. The van der Waals surface area contributed by atoms with E-state index in [4.69, 9.17) is 5.73 Å². The van der Waals surface area contributed by atoms with Gasteiger partial charge in [0.05, 0.1) is 29.9 Å². The van der Waals surface area contributed by atoms with Gasteiger partial charge in [-0.15, -0.1) is 5.92 Å². The third-order valence-corrected chi connectivity index (χ3v) is 7.48. The van der Waals surface area contributed by atoms with E-state index >= 15 is 0 Å². The fourth-order valence-electron chi connectivity index (χ4n) is 5.28. The lowest BCUT2D eigenvalue weighted by Gasteiger charge is -2.33. The summed E-state index contributed by atoms with van der Waals surface area (Å²) in [6.07, 6.45) is 5.37. The summed E-state index contributed by atoms with van der Waals surface area (Å²) in [7, 11) is 1.56. The highest BCUT2D eigenvalue weighted by Gasteiger charge is 2.33. The van der Waals surface area contributed by atoms with Gasteiger partial charge in [-0.05, 0) is 50.7 Å². The lowest BCUT2D eigenvalue weighted by molar-refractivity contribution is 0.0953. The number of anilines is 1. The number of rotatable bonds is 7. The first-order valence-electron chi connectivity index (χ1n) is 13.2. The number of hydrogen-bond acceptors (Lipinski definition) is 7. The van der Waals surface area contributed by atoms with Crippen LogP contribution in [0, 0.1) is 29.1 Å². The predicted octanol–water partition coefficient (Wildman–Crippen LogP) is 0.907.